The molecule has 9 nitrogen and oxygen atoms in total. The highest BCUT2D eigenvalue weighted by molar-refractivity contribution is 7.16. The molecule has 0 aliphatic rings. The van der Waals surface area contributed by atoms with Crippen molar-refractivity contribution in [1.82, 2.24) is 9.88 Å². The van der Waals surface area contributed by atoms with Gasteiger partial charge in [0.05, 0.1) is 23.2 Å². The second-order valence-electron chi connectivity index (χ2n) is 10.0. The molecule has 0 saturated heterocycles. The van der Waals surface area contributed by atoms with Gasteiger partial charge >= 0.3 is 10.8 Å². The minimum atomic E-state index is -1.10. The molecule has 0 fully saturated rings. The zero-order valence-electron chi connectivity index (χ0n) is 24.0. The Balaban J connectivity index is 1.19. The number of carbonyl (C=O) groups is 2. The minimum absolute atomic E-state index is 0.0879. The molecule has 0 spiro atoms. The summed E-state index contributed by atoms with van der Waals surface area (Å²) < 4.78 is 8.41. The molecule has 0 radical (unpaired) electrons. The smallest absolute Gasteiger partial charge is 0.326 e. The van der Waals surface area contributed by atoms with Gasteiger partial charge in [-0.3, -0.25) is 14.2 Å². The summed E-state index contributed by atoms with van der Waals surface area (Å²) in [6, 6.07) is 30.6. The molecule has 224 valence electrons. The highest BCUT2D eigenvalue weighted by Gasteiger charge is 2.20. The van der Waals surface area contributed by atoms with Crippen molar-refractivity contribution in [2.24, 2.45) is 5.16 Å². The number of thiazole rings is 1. The number of hydrogen-bond acceptors (Lipinski definition) is 7. The van der Waals surface area contributed by atoms with E-state index in [4.69, 9.17) is 9.57 Å². The van der Waals surface area contributed by atoms with Gasteiger partial charge in [-0.2, -0.15) is 0 Å². The third-order valence-corrected chi connectivity index (χ3v) is 7.90. The molecule has 5 aromatic rings. The van der Waals surface area contributed by atoms with Crippen molar-refractivity contribution in [3.05, 3.63) is 135 Å². The Morgan fingerprint density at radius 1 is 0.909 bits per heavy atom. The van der Waals surface area contributed by atoms with Gasteiger partial charge in [0.25, 0.3) is 0 Å². The zero-order chi connectivity index (χ0) is 30.9. The van der Waals surface area contributed by atoms with Gasteiger partial charge < -0.3 is 20.0 Å². The van der Waals surface area contributed by atoms with Crippen molar-refractivity contribution in [2.45, 2.75) is 25.4 Å². The van der Waals surface area contributed by atoms with Crippen LogP contribution in [0.5, 0.6) is 5.75 Å². The fourth-order valence-corrected chi connectivity index (χ4v) is 5.78. The highest BCUT2D eigenvalue weighted by Crippen LogP contribution is 2.22. The average molecular weight is 610 g/mol. The standard InChI is InChI=1S/C34H31N3O6S/c1-42-36-32(25-10-6-3-7-11-25)26-14-17-29-30(22-26)44-34(41)37(29)18-19-43-27-15-12-24(13-16-27)20-28(33(39)40)35-31(38)21-23-8-4-2-5-9-23/h2-17,22,28H,18-21H2,1H3,(H,35,38)(H,39,40). The largest absolute Gasteiger partial charge is 0.492 e. The SMILES string of the molecule is CON=C(c1ccccc1)c1ccc2c(c1)sc(=O)n2CCOc1ccc(CC(NC(=O)Cc2ccccc2)C(=O)O)cc1. The maximum absolute atomic E-state index is 12.8. The Morgan fingerprint density at radius 3 is 2.30 bits per heavy atom. The van der Waals surface area contributed by atoms with Crippen LogP contribution in [0.15, 0.2) is 113 Å². The Morgan fingerprint density at radius 2 is 1.61 bits per heavy atom. The van der Waals surface area contributed by atoms with Crippen LogP contribution in [0.1, 0.15) is 22.3 Å². The Hall–Kier alpha value is -5.22. The van der Waals surface area contributed by atoms with E-state index in [1.54, 1.807) is 28.8 Å². The lowest BCUT2D eigenvalue weighted by Crippen LogP contribution is -2.43. The average Bonchev–Trinajstić information content (AvgIpc) is 3.35. The van der Waals surface area contributed by atoms with Crippen molar-refractivity contribution in [3.63, 3.8) is 0 Å². The summed E-state index contributed by atoms with van der Waals surface area (Å²) in [4.78, 5) is 42.0. The number of aromatic nitrogens is 1. The molecule has 1 heterocycles. The van der Waals surface area contributed by atoms with E-state index in [0.717, 1.165) is 43.8 Å². The topological polar surface area (TPSA) is 119 Å². The predicted molar refractivity (Wildman–Crippen MR) is 171 cm³/mol. The number of nitrogens with one attached hydrogen (secondary N) is 1. The summed E-state index contributed by atoms with van der Waals surface area (Å²) in [5.74, 6) is -0.864. The lowest BCUT2D eigenvalue weighted by Gasteiger charge is -2.15. The summed E-state index contributed by atoms with van der Waals surface area (Å²) >= 11 is 1.16. The summed E-state index contributed by atoms with van der Waals surface area (Å²) in [5.41, 5.74) is 4.79. The van der Waals surface area contributed by atoms with Crippen LogP contribution >= 0.6 is 11.3 Å². The number of oxime groups is 1. The van der Waals surface area contributed by atoms with Crippen LogP contribution in [0.2, 0.25) is 0 Å². The Labute approximate surface area is 258 Å². The van der Waals surface area contributed by atoms with Gasteiger partial charge in [-0.1, -0.05) is 95.4 Å². The summed E-state index contributed by atoms with van der Waals surface area (Å²) in [7, 11) is 1.50. The molecule has 4 aromatic carbocycles. The van der Waals surface area contributed by atoms with Crippen LogP contribution in [0.25, 0.3) is 10.2 Å². The van der Waals surface area contributed by atoms with Crippen LogP contribution in [0.3, 0.4) is 0 Å². The van der Waals surface area contributed by atoms with Gasteiger partial charge in [-0.25, -0.2) is 4.79 Å². The number of carbonyl (C=O) groups excluding carboxylic acids is 1. The maximum atomic E-state index is 12.8. The number of carboxylic acid groups (broad SMARTS) is 1. The number of ether oxygens (including phenoxy) is 1. The van der Waals surface area contributed by atoms with Crippen LogP contribution in [0, 0.1) is 0 Å². The first-order chi connectivity index (χ1) is 21.4. The van der Waals surface area contributed by atoms with Crippen LogP contribution in [-0.2, 0) is 33.8 Å². The Bertz CT molecular complexity index is 1820. The fraction of sp³-hybridized carbons (Fsp3) is 0.176. The molecule has 0 aliphatic heterocycles. The molecule has 2 N–H and O–H groups in total. The molecule has 1 aromatic heterocycles. The molecule has 1 amide bonds. The zero-order valence-corrected chi connectivity index (χ0v) is 24.8. The van der Waals surface area contributed by atoms with Gasteiger partial charge in [0.15, 0.2) is 0 Å². The quantitative estimate of drug-likeness (QED) is 0.145. The molecule has 5 rings (SSSR count). The molecule has 1 unspecified atom stereocenters. The number of rotatable bonds is 13. The van der Waals surface area contributed by atoms with E-state index >= 15 is 0 Å². The molecular formula is C34H31N3O6S. The molecule has 10 heteroatoms. The predicted octanol–water partition coefficient (Wildman–Crippen LogP) is 4.90. The van der Waals surface area contributed by atoms with Gasteiger partial charge in [-0.15, -0.1) is 0 Å². The van der Waals surface area contributed by atoms with Crippen molar-refractivity contribution in [3.8, 4) is 5.75 Å². The first kappa shape index (κ1) is 30.2. The second-order valence-corrected chi connectivity index (χ2v) is 11.0. The Kier molecular flexibility index (Phi) is 9.83. The van der Waals surface area contributed by atoms with E-state index in [0.29, 0.717) is 18.0 Å². The van der Waals surface area contributed by atoms with E-state index in [1.807, 2.05) is 78.9 Å². The number of fused-ring (bicyclic) bond motifs is 1. The molecule has 44 heavy (non-hydrogen) atoms. The lowest BCUT2D eigenvalue weighted by atomic mass is 10.0. The van der Waals surface area contributed by atoms with Gasteiger partial charge in [0.2, 0.25) is 5.91 Å². The molecule has 0 bridgehead atoms. The minimum Gasteiger partial charge on any atom is -0.492 e. The van der Waals surface area contributed by atoms with E-state index < -0.39 is 12.0 Å². The van der Waals surface area contributed by atoms with Gasteiger partial charge in [-0.05, 0) is 35.4 Å². The van der Waals surface area contributed by atoms with Crippen molar-refractivity contribution in [1.29, 1.82) is 0 Å². The van der Waals surface area contributed by atoms with E-state index in [2.05, 4.69) is 10.5 Å². The number of amides is 1. The summed E-state index contributed by atoms with van der Waals surface area (Å²) in [5, 5.41) is 16.5. The van der Waals surface area contributed by atoms with Crippen molar-refractivity contribution < 1.29 is 24.3 Å². The van der Waals surface area contributed by atoms with E-state index in [1.165, 1.54) is 7.11 Å². The second kappa shape index (κ2) is 14.3. The molecule has 0 saturated carbocycles. The van der Waals surface area contributed by atoms with Gasteiger partial charge in [0, 0.05) is 17.5 Å². The van der Waals surface area contributed by atoms with E-state index in [9.17, 15) is 19.5 Å². The van der Waals surface area contributed by atoms with Crippen LogP contribution in [0.4, 0.5) is 0 Å². The molecule has 1 atom stereocenters. The number of hydrogen-bond donors (Lipinski definition) is 2. The number of nitrogens with zero attached hydrogens (tertiary/aromatic N) is 2. The van der Waals surface area contributed by atoms with Crippen LogP contribution < -0.4 is 14.9 Å². The summed E-state index contributed by atoms with van der Waals surface area (Å²) in [6.07, 6.45) is 0.243. The first-order valence-corrected chi connectivity index (χ1v) is 14.8. The highest BCUT2D eigenvalue weighted by atomic mass is 32.1. The van der Waals surface area contributed by atoms with Crippen molar-refractivity contribution >= 4 is 39.1 Å². The normalized spacial score (nSPS) is 12.1. The van der Waals surface area contributed by atoms with E-state index in [-0.39, 0.29) is 30.2 Å². The van der Waals surface area contributed by atoms with Gasteiger partial charge in [0.1, 0.15) is 31.2 Å². The molecule has 0 aliphatic carbocycles. The monoisotopic (exact) mass is 609 g/mol. The number of carboxylic acids is 1. The summed E-state index contributed by atoms with van der Waals surface area (Å²) in [6.45, 7) is 0.618. The third-order valence-electron chi connectivity index (χ3n) is 6.96. The number of benzene rings is 4. The van der Waals surface area contributed by atoms with Crippen molar-refractivity contribution in [2.75, 3.05) is 13.7 Å². The lowest BCUT2D eigenvalue weighted by molar-refractivity contribution is -0.141. The number of aliphatic carboxylic acids is 1. The maximum Gasteiger partial charge on any atom is 0.326 e. The first-order valence-electron chi connectivity index (χ1n) is 14.0. The fourth-order valence-electron chi connectivity index (χ4n) is 4.82. The van der Waals surface area contributed by atoms with Crippen LogP contribution in [-0.4, -0.2) is 47.0 Å². The molecular weight excluding hydrogens is 578 g/mol. The third kappa shape index (κ3) is 7.59.